The molecule has 0 heteroatoms. The first kappa shape index (κ1) is 34.1. The normalized spacial score (nSPS) is 11.6. The summed E-state index contributed by atoms with van der Waals surface area (Å²) in [5.41, 5.74) is 12.7. The van der Waals surface area contributed by atoms with E-state index >= 15 is 0 Å². The van der Waals surface area contributed by atoms with Crippen LogP contribution in [0.4, 0.5) is 0 Å². The third-order valence-electron chi connectivity index (χ3n) is 10.6. The molecule has 0 N–H and O–H groups in total. The molecule has 53 heavy (non-hydrogen) atoms. The molecule has 9 aromatic carbocycles. The van der Waals surface area contributed by atoms with Gasteiger partial charge in [0.15, 0.2) is 0 Å². The van der Waals surface area contributed by atoms with Gasteiger partial charge in [-0.3, -0.25) is 0 Å². The monoisotopic (exact) mass is 682 g/mol. The van der Waals surface area contributed by atoms with Crippen molar-refractivity contribution in [3.63, 3.8) is 0 Å². The van der Waals surface area contributed by atoms with Gasteiger partial charge in [0.1, 0.15) is 0 Å². The van der Waals surface area contributed by atoms with Crippen LogP contribution >= 0.6 is 0 Å². The van der Waals surface area contributed by atoms with Gasteiger partial charge in [-0.15, -0.1) is 0 Å². The van der Waals surface area contributed by atoms with E-state index in [4.69, 9.17) is 0 Å². The van der Waals surface area contributed by atoms with Crippen molar-refractivity contribution in [2.45, 2.75) is 47.0 Å². The van der Waals surface area contributed by atoms with Crippen molar-refractivity contribution in [3.8, 4) is 44.5 Å². The molecule has 9 rings (SSSR count). The molecule has 0 fully saturated rings. The molecule has 0 unspecified atom stereocenters. The summed E-state index contributed by atoms with van der Waals surface area (Å²) >= 11 is 0. The predicted molar refractivity (Wildman–Crippen MR) is 233 cm³/mol. The van der Waals surface area contributed by atoms with E-state index in [1.807, 2.05) is 13.8 Å². The molecule has 0 aromatic heterocycles. The minimum absolute atomic E-state index is 0.0160. The van der Waals surface area contributed by atoms with Crippen LogP contribution in [0.5, 0.6) is 0 Å². The summed E-state index contributed by atoms with van der Waals surface area (Å²) in [5, 5.41) is 10.2. The second kappa shape index (κ2) is 13.9. The van der Waals surface area contributed by atoms with E-state index in [-0.39, 0.29) is 5.41 Å². The number of hydrogen-bond donors (Lipinski definition) is 0. The molecular formula is C53H46. The van der Waals surface area contributed by atoms with Crippen LogP contribution in [0.1, 0.15) is 45.7 Å². The summed E-state index contributed by atoms with van der Waals surface area (Å²) in [6, 6.07) is 63.2. The van der Waals surface area contributed by atoms with Crippen LogP contribution < -0.4 is 0 Å². The Morgan fingerprint density at radius 1 is 0.340 bits per heavy atom. The molecule has 0 atom stereocenters. The van der Waals surface area contributed by atoms with Crippen LogP contribution in [0.2, 0.25) is 0 Å². The molecule has 0 heterocycles. The van der Waals surface area contributed by atoms with Gasteiger partial charge in [0.25, 0.3) is 0 Å². The van der Waals surface area contributed by atoms with Gasteiger partial charge in [0.05, 0.1) is 0 Å². The van der Waals surface area contributed by atoms with E-state index in [0.717, 1.165) is 0 Å². The highest BCUT2D eigenvalue weighted by molar-refractivity contribution is 6.21. The maximum Gasteiger partial charge on any atom is -0.00261 e. The fourth-order valence-corrected chi connectivity index (χ4v) is 8.02. The zero-order valence-corrected chi connectivity index (χ0v) is 31.7. The molecule has 0 spiro atoms. The van der Waals surface area contributed by atoms with Gasteiger partial charge in [-0.1, -0.05) is 186 Å². The molecule has 0 amide bonds. The second-order valence-corrected chi connectivity index (χ2v) is 15.1. The first-order valence-electron chi connectivity index (χ1n) is 19.0. The minimum atomic E-state index is 0.0160. The molecule has 0 aliphatic rings. The van der Waals surface area contributed by atoms with Gasteiger partial charge < -0.3 is 0 Å². The second-order valence-electron chi connectivity index (χ2n) is 15.1. The quantitative estimate of drug-likeness (QED) is 0.162. The lowest BCUT2D eigenvalue weighted by molar-refractivity contribution is 0.591. The molecule has 0 aliphatic heterocycles. The van der Waals surface area contributed by atoms with Crippen LogP contribution in [-0.2, 0) is 5.41 Å². The summed E-state index contributed by atoms with van der Waals surface area (Å²) < 4.78 is 0. The number of rotatable bonds is 4. The maximum atomic E-state index is 2.46. The lowest BCUT2D eigenvalue weighted by Gasteiger charge is -2.23. The first-order chi connectivity index (χ1) is 25.8. The van der Waals surface area contributed by atoms with E-state index < -0.39 is 0 Å². The molecule has 258 valence electrons. The molecule has 0 saturated carbocycles. The minimum Gasteiger partial charge on any atom is -0.0683 e. The Bertz CT molecular complexity index is 2770. The third kappa shape index (κ3) is 6.30. The highest BCUT2D eigenvalue weighted by Crippen LogP contribution is 2.46. The smallest absolute Gasteiger partial charge is 0.00261 e. The Morgan fingerprint density at radius 3 is 1.60 bits per heavy atom. The van der Waals surface area contributed by atoms with Crippen LogP contribution in [0, 0.1) is 6.92 Å². The summed E-state index contributed by atoms with van der Waals surface area (Å²) in [5.74, 6) is 0. The lowest BCUT2D eigenvalue weighted by Crippen LogP contribution is -2.10. The molecule has 0 bridgehead atoms. The molecule has 9 aromatic rings. The van der Waals surface area contributed by atoms with E-state index in [9.17, 15) is 0 Å². The van der Waals surface area contributed by atoms with E-state index in [0.29, 0.717) is 0 Å². The average molecular weight is 683 g/mol. The van der Waals surface area contributed by atoms with E-state index in [1.54, 1.807) is 0 Å². The van der Waals surface area contributed by atoms with Gasteiger partial charge in [-0.2, -0.15) is 0 Å². The summed E-state index contributed by atoms with van der Waals surface area (Å²) in [6.07, 6.45) is 0. The Morgan fingerprint density at radius 2 is 0.887 bits per heavy atom. The van der Waals surface area contributed by atoms with Crippen molar-refractivity contribution in [1.29, 1.82) is 0 Å². The van der Waals surface area contributed by atoms with Gasteiger partial charge >= 0.3 is 0 Å². The number of benzene rings is 9. The Balaban J connectivity index is 0.00000197. The highest BCUT2D eigenvalue weighted by Gasteiger charge is 2.21. The zero-order chi connectivity index (χ0) is 36.7. The Hall–Kier alpha value is -5.98. The van der Waals surface area contributed by atoms with Crippen LogP contribution in [0.3, 0.4) is 0 Å². The zero-order valence-electron chi connectivity index (χ0n) is 31.7. The van der Waals surface area contributed by atoms with Crippen LogP contribution in [0.15, 0.2) is 170 Å². The summed E-state index contributed by atoms with van der Waals surface area (Å²) in [6.45, 7) is 13.2. The molecule has 0 aliphatic carbocycles. The SMILES string of the molecule is CC.Cc1cc(-c2ccc3ccccc3c2)cc(-c2c3ccccc3c(-c3ccc(-c4cccc5ccccc45)cc3)c3cc(C(C)(C)C)ccc23)c1. The fourth-order valence-electron chi connectivity index (χ4n) is 8.02. The van der Waals surface area contributed by atoms with Crippen molar-refractivity contribution < 1.29 is 0 Å². The van der Waals surface area contributed by atoms with Gasteiger partial charge in [0, 0.05) is 0 Å². The fraction of sp³-hybridized carbons (Fsp3) is 0.132. The van der Waals surface area contributed by atoms with Gasteiger partial charge in [-0.05, 0) is 129 Å². The topological polar surface area (TPSA) is 0 Å². The predicted octanol–water partition coefficient (Wildman–Crippen LogP) is 15.6. The molecule has 0 saturated heterocycles. The van der Waals surface area contributed by atoms with Crippen LogP contribution in [-0.4, -0.2) is 0 Å². The van der Waals surface area contributed by atoms with Crippen molar-refractivity contribution in [3.05, 3.63) is 181 Å². The lowest BCUT2D eigenvalue weighted by atomic mass is 9.81. The summed E-state index contributed by atoms with van der Waals surface area (Å²) in [7, 11) is 0. The van der Waals surface area contributed by atoms with Crippen molar-refractivity contribution in [1.82, 2.24) is 0 Å². The van der Waals surface area contributed by atoms with Crippen molar-refractivity contribution in [2.24, 2.45) is 0 Å². The average Bonchev–Trinajstić information content (AvgIpc) is 3.19. The van der Waals surface area contributed by atoms with Crippen LogP contribution in [0.25, 0.3) is 87.6 Å². The van der Waals surface area contributed by atoms with E-state index in [1.165, 1.54) is 98.7 Å². The Labute approximate surface area is 314 Å². The summed E-state index contributed by atoms with van der Waals surface area (Å²) in [4.78, 5) is 0. The molecule has 0 radical (unpaired) electrons. The first-order valence-corrected chi connectivity index (χ1v) is 19.0. The van der Waals surface area contributed by atoms with E-state index in [2.05, 4.69) is 198 Å². The van der Waals surface area contributed by atoms with Gasteiger partial charge in [0.2, 0.25) is 0 Å². The van der Waals surface area contributed by atoms with Crippen molar-refractivity contribution >= 4 is 43.1 Å². The number of hydrogen-bond acceptors (Lipinski definition) is 0. The molecular weight excluding hydrogens is 637 g/mol. The van der Waals surface area contributed by atoms with Gasteiger partial charge in [-0.25, -0.2) is 0 Å². The van der Waals surface area contributed by atoms with Crippen molar-refractivity contribution in [2.75, 3.05) is 0 Å². The largest absolute Gasteiger partial charge is 0.0683 e. The Kier molecular flexibility index (Phi) is 8.93. The third-order valence-corrected chi connectivity index (χ3v) is 10.6. The maximum absolute atomic E-state index is 2.46. The number of aryl methyl sites for hydroxylation is 1. The standard InChI is InChI=1S/C51H40.C2H6/c1-33-28-40(39-25-20-34-12-5-6-14-38(34)30-39)31-41(29-33)50-46-18-10-9-17-45(46)49(48-32-42(51(2,3)4)26-27-47(48)50)37-23-21-36(22-24-37)44-19-11-15-35-13-7-8-16-43(35)44;1-2/h5-32H,1-4H3;1-2H3. The highest BCUT2D eigenvalue weighted by atomic mass is 14.2. The number of fused-ring (bicyclic) bond motifs is 4. The molecule has 0 nitrogen and oxygen atoms in total.